The van der Waals surface area contributed by atoms with E-state index in [9.17, 15) is 10.2 Å². The van der Waals surface area contributed by atoms with Gasteiger partial charge in [0.25, 0.3) is 0 Å². The molecule has 18 heavy (non-hydrogen) atoms. The van der Waals surface area contributed by atoms with Gasteiger partial charge in [-0.2, -0.15) is 0 Å². The van der Waals surface area contributed by atoms with E-state index in [-0.39, 0.29) is 11.8 Å². The standard InChI is InChI=1S/C14H23NO3/c1-5-14(3,17)9-15-10(2)12-7-6-11(18-4)8-13(12)16/h6-8,10,15-17H,5,9H2,1-4H3. The molecular formula is C14H23NO3. The number of aromatic hydroxyl groups is 1. The molecule has 102 valence electrons. The van der Waals surface area contributed by atoms with Crippen LogP contribution < -0.4 is 10.1 Å². The number of phenolic OH excluding ortho intramolecular Hbond substituents is 1. The first-order chi connectivity index (χ1) is 8.39. The molecule has 0 amide bonds. The molecule has 0 saturated carbocycles. The molecule has 1 rings (SSSR count). The lowest BCUT2D eigenvalue weighted by Gasteiger charge is -2.25. The quantitative estimate of drug-likeness (QED) is 0.727. The topological polar surface area (TPSA) is 61.7 Å². The van der Waals surface area contributed by atoms with Gasteiger partial charge in [-0.1, -0.05) is 13.0 Å². The number of hydrogen-bond acceptors (Lipinski definition) is 4. The minimum Gasteiger partial charge on any atom is -0.507 e. The molecule has 4 nitrogen and oxygen atoms in total. The highest BCUT2D eigenvalue weighted by molar-refractivity contribution is 5.41. The number of methoxy groups -OCH3 is 1. The molecule has 1 aromatic rings. The Hall–Kier alpha value is -1.26. The van der Waals surface area contributed by atoms with Crippen molar-refractivity contribution in [1.29, 1.82) is 0 Å². The lowest BCUT2D eigenvalue weighted by molar-refractivity contribution is 0.0533. The third-order valence-electron chi connectivity index (χ3n) is 3.25. The molecule has 2 atom stereocenters. The van der Waals surface area contributed by atoms with E-state index in [1.54, 1.807) is 20.1 Å². The lowest BCUT2D eigenvalue weighted by Crippen LogP contribution is -2.38. The first kappa shape index (κ1) is 14.8. The molecule has 0 aliphatic carbocycles. The molecule has 0 saturated heterocycles. The monoisotopic (exact) mass is 253 g/mol. The summed E-state index contributed by atoms with van der Waals surface area (Å²) < 4.78 is 5.04. The van der Waals surface area contributed by atoms with E-state index in [0.717, 1.165) is 5.56 Å². The molecule has 2 unspecified atom stereocenters. The van der Waals surface area contributed by atoms with Crippen LogP contribution in [0.1, 0.15) is 38.8 Å². The van der Waals surface area contributed by atoms with Crippen molar-refractivity contribution in [3.63, 3.8) is 0 Å². The highest BCUT2D eigenvalue weighted by Crippen LogP contribution is 2.28. The third-order valence-corrected chi connectivity index (χ3v) is 3.25. The van der Waals surface area contributed by atoms with Gasteiger partial charge in [0, 0.05) is 24.2 Å². The van der Waals surface area contributed by atoms with Crippen LogP contribution in [0.15, 0.2) is 18.2 Å². The van der Waals surface area contributed by atoms with Crippen LogP contribution in [0.4, 0.5) is 0 Å². The van der Waals surface area contributed by atoms with E-state index in [4.69, 9.17) is 4.74 Å². The summed E-state index contributed by atoms with van der Waals surface area (Å²) in [5.74, 6) is 0.828. The van der Waals surface area contributed by atoms with Gasteiger partial charge in [0.2, 0.25) is 0 Å². The number of benzene rings is 1. The number of phenols is 1. The maximum absolute atomic E-state index is 9.93. The molecule has 3 N–H and O–H groups in total. The van der Waals surface area contributed by atoms with E-state index in [1.165, 1.54) is 0 Å². The fourth-order valence-electron chi connectivity index (χ4n) is 1.62. The predicted octanol–water partition coefficient (Wildman–Crippen LogP) is 2.21. The second-order valence-electron chi connectivity index (χ2n) is 4.88. The first-order valence-electron chi connectivity index (χ1n) is 6.22. The summed E-state index contributed by atoms with van der Waals surface area (Å²) in [5, 5.41) is 23.0. The Morgan fingerprint density at radius 3 is 2.61 bits per heavy atom. The van der Waals surface area contributed by atoms with Crippen molar-refractivity contribution in [3.05, 3.63) is 23.8 Å². The van der Waals surface area contributed by atoms with Crippen LogP contribution >= 0.6 is 0 Å². The van der Waals surface area contributed by atoms with E-state index < -0.39 is 5.60 Å². The first-order valence-corrected chi connectivity index (χ1v) is 6.22. The number of ether oxygens (including phenoxy) is 1. The highest BCUT2D eigenvalue weighted by Gasteiger charge is 2.19. The smallest absolute Gasteiger partial charge is 0.124 e. The molecule has 0 aliphatic rings. The van der Waals surface area contributed by atoms with E-state index in [2.05, 4.69) is 5.32 Å². The largest absolute Gasteiger partial charge is 0.507 e. The van der Waals surface area contributed by atoms with Crippen LogP contribution in [-0.4, -0.2) is 29.5 Å². The molecule has 0 heterocycles. The zero-order valence-corrected chi connectivity index (χ0v) is 11.5. The molecular weight excluding hydrogens is 230 g/mol. The van der Waals surface area contributed by atoms with Gasteiger partial charge >= 0.3 is 0 Å². The summed E-state index contributed by atoms with van der Waals surface area (Å²) in [6, 6.07) is 5.19. The van der Waals surface area contributed by atoms with Crippen LogP contribution in [-0.2, 0) is 0 Å². The molecule has 0 aromatic heterocycles. The maximum Gasteiger partial charge on any atom is 0.124 e. The second kappa shape index (κ2) is 6.07. The van der Waals surface area contributed by atoms with Crippen molar-refractivity contribution in [2.45, 2.75) is 38.8 Å². The van der Waals surface area contributed by atoms with Crippen LogP contribution in [0.2, 0.25) is 0 Å². The van der Waals surface area contributed by atoms with Gasteiger partial charge < -0.3 is 20.3 Å². The molecule has 0 fully saturated rings. The third kappa shape index (κ3) is 3.89. The summed E-state index contributed by atoms with van der Waals surface area (Å²) >= 11 is 0. The molecule has 1 aromatic carbocycles. The van der Waals surface area contributed by atoms with Gasteiger partial charge in [0.05, 0.1) is 12.7 Å². The van der Waals surface area contributed by atoms with Crippen LogP contribution in [0.3, 0.4) is 0 Å². The summed E-state index contributed by atoms with van der Waals surface area (Å²) in [6.07, 6.45) is 0.682. The SMILES string of the molecule is CCC(C)(O)CNC(C)c1ccc(OC)cc1O. The van der Waals surface area contributed by atoms with Crippen molar-refractivity contribution in [2.75, 3.05) is 13.7 Å². The summed E-state index contributed by atoms with van der Waals surface area (Å²) in [7, 11) is 1.56. The fourth-order valence-corrected chi connectivity index (χ4v) is 1.62. The normalized spacial score (nSPS) is 16.1. The summed E-state index contributed by atoms with van der Waals surface area (Å²) in [4.78, 5) is 0. The van der Waals surface area contributed by atoms with E-state index in [1.807, 2.05) is 26.0 Å². The molecule has 0 spiro atoms. The average molecular weight is 253 g/mol. The predicted molar refractivity (Wildman–Crippen MR) is 72.0 cm³/mol. The Labute approximate surface area is 109 Å². The number of hydrogen-bond donors (Lipinski definition) is 3. The Morgan fingerprint density at radius 2 is 2.11 bits per heavy atom. The minimum absolute atomic E-state index is 0.0334. The van der Waals surface area contributed by atoms with Crippen LogP contribution in [0, 0.1) is 0 Å². The average Bonchev–Trinajstić information content (AvgIpc) is 2.36. The van der Waals surface area contributed by atoms with E-state index in [0.29, 0.717) is 18.7 Å². The summed E-state index contributed by atoms with van der Waals surface area (Å²) in [6.45, 7) is 6.17. The Bertz CT molecular complexity index is 391. The summed E-state index contributed by atoms with van der Waals surface area (Å²) in [5.41, 5.74) is 0.0683. The minimum atomic E-state index is -0.726. The highest BCUT2D eigenvalue weighted by atomic mass is 16.5. The molecule has 4 heteroatoms. The number of nitrogens with one attached hydrogen (secondary N) is 1. The molecule has 0 aliphatic heterocycles. The Balaban J connectivity index is 2.70. The Kier molecular flexibility index (Phi) is 4.99. The van der Waals surface area contributed by atoms with Crippen molar-refractivity contribution in [1.82, 2.24) is 5.32 Å². The maximum atomic E-state index is 9.93. The zero-order chi connectivity index (χ0) is 13.8. The van der Waals surface area contributed by atoms with Gasteiger partial charge in [-0.15, -0.1) is 0 Å². The number of aliphatic hydroxyl groups is 1. The van der Waals surface area contributed by atoms with Crippen LogP contribution in [0.5, 0.6) is 11.5 Å². The number of rotatable bonds is 6. The fraction of sp³-hybridized carbons (Fsp3) is 0.571. The second-order valence-corrected chi connectivity index (χ2v) is 4.88. The van der Waals surface area contributed by atoms with Gasteiger partial charge in [0.15, 0.2) is 0 Å². The van der Waals surface area contributed by atoms with Crippen molar-refractivity contribution in [2.24, 2.45) is 0 Å². The van der Waals surface area contributed by atoms with Crippen molar-refractivity contribution in [3.8, 4) is 11.5 Å². The molecule has 0 bridgehead atoms. The van der Waals surface area contributed by atoms with Gasteiger partial charge in [-0.25, -0.2) is 0 Å². The zero-order valence-electron chi connectivity index (χ0n) is 11.5. The van der Waals surface area contributed by atoms with Crippen molar-refractivity contribution >= 4 is 0 Å². The van der Waals surface area contributed by atoms with Crippen molar-refractivity contribution < 1.29 is 14.9 Å². The van der Waals surface area contributed by atoms with E-state index >= 15 is 0 Å². The Morgan fingerprint density at radius 1 is 1.44 bits per heavy atom. The lowest BCUT2D eigenvalue weighted by atomic mass is 10.0. The van der Waals surface area contributed by atoms with Gasteiger partial charge in [0.1, 0.15) is 11.5 Å². The van der Waals surface area contributed by atoms with Gasteiger partial charge in [-0.05, 0) is 26.3 Å². The van der Waals surface area contributed by atoms with Crippen LogP contribution in [0.25, 0.3) is 0 Å². The molecule has 0 radical (unpaired) electrons. The van der Waals surface area contributed by atoms with Gasteiger partial charge in [-0.3, -0.25) is 0 Å².